The molecule has 0 aliphatic carbocycles. The third kappa shape index (κ3) is 5.69. The summed E-state index contributed by atoms with van der Waals surface area (Å²) in [6.07, 6.45) is 1.88. The Balaban J connectivity index is 2.28. The minimum absolute atomic E-state index is 0.000536. The molecule has 7 nitrogen and oxygen atoms in total. The van der Waals surface area contributed by atoms with Gasteiger partial charge in [0.15, 0.2) is 0 Å². The van der Waals surface area contributed by atoms with Crippen LogP contribution in [0.5, 0.6) is 0 Å². The average molecular weight is 384 g/mol. The van der Waals surface area contributed by atoms with E-state index in [0.717, 1.165) is 12.8 Å². The summed E-state index contributed by atoms with van der Waals surface area (Å²) >= 11 is 0. The van der Waals surface area contributed by atoms with Crippen LogP contribution >= 0.6 is 0 Å². The summed E-state index contributed by atoms with van der Waals surface area (Å²) < 4.78 is 28.8. The van der Waals surface area contributed by atoms with Gasteiger partial charge in [0.05, 0.1) is 23.7 Å². The molecule has 26 heavy (non-hydrogen) atoms. The number of anilines is 1. The lowest BCUT2D eigenvalue weighted by atomic mass is 10.0. The smallest absolute Gasteiger partial charge is 0.253 e. The predicted octanol–water partition coefficient (Wildman–Crippen LogP) is 1.73. The number of carbonyl (C=O) groups excluding carboxylic acids is 1. The van der Waals surface area contributed by atoms with Crippen molar-refractivity contribution in [3.63, 3.8) is 0 Å². The molecule has 8 heteroatoms. The van der Waals surface area contributed by atoms with Crippen molar-refractivity contribution in [1.29, 1.82) is 0 Å². The number of ether oxygens (including phenoxy) is 1. The third-order valence-electron chi connectivity index (χ3n) is 4.45. The second kappa shape index (κ2) is 8.83. The average Bonchev–Trinajstić information content (AvgIpc) is 2.59. The highest BCUT2D eigenvalue weighted by molar-refractivity contribution is 7.89. The Kier molecular flexibility index (Phi) is 7.02. The summed E-state index contributed by atoms with van der Waals surface area (Å²) in [4.78, 5) is 14.8. The van der Waals surface area contributed by atoms with Crippen LogP contribution in [0.3, 0.4) is 0 Å². The molecular formula is C18H29N3O4S. The molecule has 1 aromatic rings. The number of amides is 1. The molecule has 0 spiro atoms. The molecule has 1 saturated heterocycles. The number of rotatable bonds is 7. The monoisotopic (exact) mass is 383 g/mol. The summed E-state index contributed by atoms with van der Waals surface area (Å²) in [6, 6.07) is 4.46. The van der Waals surface area contributed by atoms with Crippen LogP contribution in [0.1, 0.15) is 44.0 Å². The van der Waals surface area contributed by atoms with Gasteiger partial charge < -0.3 is 15.0 Å². The number of primary sulfonamides is 1. The van der Waals surface area contributed by atoms with Crippen molar-refractivity contribution >= 4 is 21.6 Å². The lowest BCUT2D eigenvalue weighted by Gasteiger charge is -2.30. The van der Waals surface area contributed by atoms with Crippen LogP contribution < -0.4 is 15.4 Å². The van der Waals surface area contributed by atoms with Crippen molar-refractivity contribution in [2.24, 2.45) is 11.1 Å². The van der Waals surface area contributed by atoms with Gasteiger partial charge in [-0.3, -0.25) is 4.79 Å². The minimum Gasteiger partial charge on any atom is -0.378 e. The van der Waals surface area contributed by atoms with Gasteiger partial charge >= 0.3 is 0 Å². The summed E-state index contributed by atoms with van der Waals surface area (Å²) in [5.74, 6) is 0.275. The van der Waals surface area contributed by atoms with Crippen molar-refractivity contribution in [2.45, 2.75) is 44.6 Å². The maximum Gasteiger partial charge on any atom is 0.253 e. The van der Waals surface area contributed by atoms with E-state index in [2.05, 4.69) is 19.2 Å². The van der Waals surface area contributed by atoms with Gasteiger partial charge in [0.2, 0.25) is 10.0 Å². The van der Waals surface area contributed by atoms with Gasteiger partial charge in [-0.1, -0.05) is 13.8 Å². The molecule has 3 N–H and O–H groups in total. The molecule has 1 atom stereocenters. The molecule has 2 rings (SSSR count). The molecule has 1 aliphatic rings. The number of carbonyl (C=O) groups is 1. The topological polar surface area (TPSA) is 102 Å². The van der Waals surface area contributed by atoms with Gasteiger partial charge in [0, 0.05) is 24.8 Å². The molecule has 0 radical (unpaired) electrons. The number of hydrogen-bond donors (Lipinski definition) is 2. The summed E-state index contributed by atoms with van der Waals surface area (Å²) in [5.41, 5.74) is 1.03. The van der Waals surface area contributed by atoms with E-state index in [0.29, 0.717) is 43.5 Å². The molecule has 1 unspecified atom stereocenters. The van der Waals surface area contributed by atoms with Gasteiger partial charge in [-0.25, -0.2) is 13.6 Å². The first-order valence-electron chi connectivity index (χ1n) is 8.99. The number of nitrogens with one attached hydrogen (secondary N) is 1. The van der Waals surface area contributed by atoms with E-state index >= 15 is 0 Å². The molecule has 0 saturated carbocycles. The Morgan fingerprint density at radius 1 is 1.23 bits per heavy atom. The molecule has 1 fully saturated rings. The van der Waals surface area contributed by atoms with E-state index in [1.807, 2.05) is 11.8 Å². The standard InChI is InChI=1S/C18H29N3O4S/c1-13(2)4-5-14(3)20-18(22)16-12-15(26(19,23)24)6-7-17(16)21-8-10-25-11-9-21/h6-7,12-14H,4-5,8-11H2,1-3H3,(H,20,22)(H2,19,23,24). The van der Waals surface area contributed by atoms with Gasteiger partial charge in [-0.2, -0.15) is 0 Å². The first kappa shape index (κ1) is 20.7. The zero-order chi connectivity index (χ0) is 19.3. The number of morpholine rings is 1. The van der Waals surface area contributed by atoms with E-state index in [4.69, 9.17) is 9.88 Å². The summed E-state index contributed by atoms with van der Waals surface area (Å²) in [6.45, 7) is 8.68. The highest BCUT2D eigenvalue weighted by Gasteiger charge is 2.22. The highest BCUT2D eigenvalue weighted by Crippen LogP contribution is 2.25. The number of sulfonamides is 1. The van der Waals surface area contributed by atoms with E-state index in [9.17, 15) is 13.2 Å². The first-order chi connectivity index (χ1) is 12.2. The number of benzene rings is 1. The van der Waals surface area contributed by atoms with Crippen LogP contribution in [0.15, 0.2) is 23.1 Å². The van der Waals surface area contributed by atoms with Gasteiger partial charge in [-0.05, 0) is 43.9 Å². The van der Waals surface area contributed by atoms with E-state index in [1.165, 1.54) is 12.1 Å². The fraction of sp³-hybridized carbons (Fsp3) is 0.611. The minimum atomic E-state index is -3.88. The quantitative estimate of drug-likeness (QED) is 0.746. The predicted molar refractivity (Wildman–Crippen MR) is 102 cm³/mol. The second-order valence-corrected chi connectivity index (χ2v) is 8.73. The Labute approximate surface area is 155 Å². The van der Waals surface area contributed by atoms with E-state index in [-0.39, 0.29) is 16.8 Å². The Bertz CT molecular complexity index is 728. The van der Waals surface area contributed by atoms with Gasteiger partial charge in [0.25, 0.3) is 5.91 Å². The molecule has 146 valence electrons. The molecule has 1 heterocycles. The largest absolute Gasteiger partial charge is 0.378 e. The molecular weight excluding hydrogens is 354 g/mol. The van der Waals surface area contributed by atoms with Crippen molar-refractivity contribution < 1.29 is 17.9 Å². The second-order valence-electron chi connectivity index (χ2n) is 7.17. The fourth-order valence-corrected chi connectivity index (χ4v) is 3.45. The van der Waals surface area contributed by atoms with Crippen LogP contribution in [0, 0.1) is 5.92 Å². The molecule has 1 aromatic carbocycles. The lowest BCUT2D eigenvalue weighted by Crippen LogP contribution is -2.39. The van der Waals surface area contributed by atoms with Crippen LogP contribution in [-0.4, -0.2) is 46.7 Å². The Morgan fingerprint density at radius 3 is 2.46 bits per heavy atom. The van der Waals surface area contributed by atoms with Crippen LogP contribution in [0.4, 0.5) is 5.69 Å². The fourth-order valence-electron chi connectivity index (χ4n) is 2.91. The van der Waals surface area contributed by atoms with E-state index in [1.54, 1.807) is 6.07 Å². The lowest BCUT2D eigenvalue weighted by molar-refractivity contribution is 0.0935. The number of nitrogens with zero attached hydrogens (tertiary/aromatic N) is 1. The van der Waals surface area contributed by atoms with Gasteiger partial charge in [-0.15, -0.1) is 0 Å². The van der Waals surface area contributed by atoms with Gasteiger partial charge in [0.1, 0.15) is 0 Å². The zero-order valence-corrected chi connectivity index (χ0v) is 16.5. The van der Waals surface area contributed by atoms with Crippen LogP contribution in [0.25, 0.3) is 0 Å². The molecule has 1 aliphatic heterocycles. The number of hydrogen-bond acceptors (Lipinski definition) is 5. The maximum atomic E-state index is 12.8. The highest BCUT2D eigenvalue weighted by atomic mass is 32.2. The third-order valence-corrected chi connectivity index (χ3v) is 5.36. The molecule has 0 bridgehead atoms. The van der Waals surface area contributed by atoms with Crippen LogP contribution in [-0.2, 0) is 14.8 Å². The van der Waals surface area contributed by atoms with Crippen molar-refractivity contribution in [2.75, 3.05) is 31.2 Å². The molecule has 1 amide bonds. The zero-order valence-electron chi connectivity index (χ0n) is 15.7. The Hall–Kier alpha value is -1.64. The van der Waals surface area contributed by atoms with Crippen LogP contribution in [0.2, 0.25) is 0 Å². The normalized spacial score (nSPS) is 16.6. The first-order valence-corrected chi connectivity index (χ1v) is 10.5. The van der Waals surface area contributed by atoms with Crippen molar-refractivity contribution in [3.8, 4) is 0 Å². The summed E-state index contributed by atoms with van der Waals surface area (Å²) in [7, 11) is -3.88. The maximum absolute atomic E-state index is 12.8. The summed E-state index contributed by atoms with van der Waals surface area (Å²) in [5, 5.41) is 8.22. The Morgan fingerprint density at radius 2 is 1.88 bits per heavy atom. The number of nitrogens with two attached hydrogens (primary N) is 1. The SMILES string of the molecule is CC(C)CCC(C)NC(=O)c1cc(S(N)(=O)=O)ccc1N1CCOCC1. The molecule has 0 aromatic heterocycles. The van der Waals surface area contributed by atoms with Crippen molar-refractivity contribution in [1.82, 2.24) is 5.32 Å². The van der Waals surface area contributed by atoms with Crippen molar-refractivity contribution in [3.05, 3.63) is 23.8 Å². The van der Waals surface area contributed by atoms with E-state index < -0.39 is 10.0 Å².